The molecule has 0 aliphatic heterocycles. The van der Waals surface area contributed by atoms with Crippen LogP contribution < -0.4 is 10.6 Å². The van der Waals surface area contributed by atoms with Crippen molar-refractivity contribution in [2.24, 2.45) is 0 Å². The molecule has 0 saturated heterocycles. The Labute approximate surface area is 167 Å². The fraction of sp³-hybridized carbons (Fsp3) is 0.143. The molecule has 0 aliphatic carbocycles. The topological polar surface area (TPSA) is 93.2 Å². The molecule has 0 fully saturated rings. The van der Waals surface area contributed by atoms with E-state index in [2.05, 4.69) is 20.6 Å². The molecule has 2 aromatic carbocycles. The van der Waals surface area contributed by atoms with E-state index in [1.54, 1.807) is 38.1 Å². The summed E-state index contributed by atoms with van der Waals surface area (Å²) in [6.07, 6.45) is 0. The molecule has 0 atom stereocenters. The second-order valence-corrected chi connectivity index (χ2v) is 6.07. The average molecular weight is 394 g/mol. The fourth-order valence-electron chi connectivity index (χ4n) is 2.53. The van der Waals surface area contributed by atoms with Crippen LogP contribution in [0, 0.1) is 12.7 Å². The van der Waals surface area contributed by atoms with Gasteiger partial charge in [0.1, 0.15) is 23.2 Å². The van der Waals surface area contributed by atoms with Crippen molar-refractivity contribution in [3.63, 3.8) is 0 Å². The Kier molecular flexibility index (Phi) is 6.13. The number of benzene rings is 2. The van der Waals surface area contributed by atoms with Gasteiger partial charge in [-0.2, -0.15) is 0 Å². The number of aromatic nitrogens is 2. The maximum Gasteiger partial charge on any atom is 0.338 e. The van der Waals surface area contributed by atoms with E-state index in [0.717, 1.165) is 0 Å². The number of carbonyl (C=O) groups is 2. The zero-order chi connectivity index (χ0) is 20.8. The monoisotopic (exact) mass is 394 g/mol. The van der Waals surface area contributed by atoms with Crippen LogP contribution in [0.3, 0.4) is 0 Å². The smallest absolute Gasteiger partial charge is 0.338 e. The molecule has 8 heteroatoms. The summed E-state index contributed by atoms with van der Waals surface area (Å²) in [6.45, 7) is 3.72. The molecule has 3 aromatic rings. The van der Waals surface area contributed by atoms with Crippen molar-refractivity contribution in [2.45, 2.75) is 13.8 Å². The highest BCUT2D eigenvalue weighted by atomic mass is 19.1. The van der Waals surface area contributed by atoms with Crippen LogP contribution in [0.25, 0.3) is 0 Å². The third-order valence-electron chi connectivity index (χ3n) is 3.84. The van der Waals surface area contributed by atoms with Crippen molar-refractivity contribution >= 4 is 29.1 Å². The number of amides is 1. The first-order chi connectivity index (χ1) is 13.9. The largest absolute Gasteiger partial charge is 0.462 e. The lowest BCUT2D eigenvalue weighted by Crippen LogP contribution is -2.15. The van der Waals surface area contributed by atoms with E-state index in [1.165, 1.54) is 30.3 Å². The summed E-state index contributed by atoms with van der Waals surface area (Å²) in [5, 5.41) is 5.74. The standard InChI is InChI=1S/C21H19FN4O3/c1-3-29-21(28)14-4-8-16(9-5-14)25-19-12-18(23-13(2)24-19)20(27)26-17-10-6-15(22)7-11-17/h4-12H,3H2,1-2H3,(H,26,27)(H,23,24,25). The Balaban J connectivity index is 1.74. The van der Waals surface area contributed by atoms with Gasteiger partial charge in [-0.3, -0.25) is 4.79 Å². The highest BCUT2D eigenvalue weighted by Crippen LogP contribution is 2.18. The van der Waals surface area contributed by atoms with Crippen LogP contribution in [0.15, 0.2) is 54.6 Å². The Hall–Kier alpha value is -3.81. The highest BCUT2D eigenvalue weighted by molar-refractivity contribution is 6.03. The fourth-order valence-corrected chi connectivity index (χ4v) is 2.53. The lowest BCUT2D eigenvalue weighted by Gasteiger charge is -2.10. The van der Waals surface area contributed by atoms with E-state index >= 15 is 0 Å². The first kappa shape index (κ1) is 19.9. The molecule has 1 heterocycles. The number of hydrogen-bond donors (Lipinski definition) is 2. The van der Waals surface area contributed by atoms with Gasteiger partial charge in [0, 0.05) is 17.4 Å². The molecule has 0 bridgehead atoms. The van der Waals surface area contributed by atoms with Crippen molar-refractivity contribution < 1.29 is 18.7 Å². The second-order valence-electron chi connectivity index (χ2n) is 6.07. The van der Waals surface area contributed by atoms with Crippen molar-refractivity contribution in [3.8, 4) is 0 Å². The van der Waals surface area contributed by atoms with Gasteiger partial charge in [-0.05, 0) is 62.4 Å². The van der Waals surface area contributed by atoms with E-state index in [9.17, 15) is 14.0 Å². The predicted octanol–water partition coefficient (Wildman–Crippen LogP) is 4.10. The average Bonchev–Trinajstić information content (AvgIpc) is 2.70. The number of nitrogens with zero attached hydrogens (tertiary/aromatic N) is 2. The first-order valence-corrected chi connectivity index (χ1v) is 8.91. The summed E-state index contributed by atoms with van der Waals surface area (Å²) < 4.78 is 18.0. The summed E-state index contributed by atoms with van der Waals surface area (Å²) in [7, 11) is 0. The maximum atomic E-state index is 13.0. The van der Waals surface area contributed by atoms with Crippen LogP contribution in [0.2, 0.25) is 0 Å². The van der Waals surface area contributed by atoms with Crippen molar-refractivity contribution in [2.75, 3.05) is 17.2 Å². The lowest BCUT2D eigenvalue weighted by molar-refractivity contribution is 0.0526. The van der Waals surface area contributed by atoms with Crippen LogP contribution in [-0.4, -0.2) is 28.5 Å². The summed E-state index contributed by atoms with van der Waals surface area (Å²) in [5.41, 5.74) is 1.74. The van der Waals surface area contributed by atoms with Gasteiger partial charge in [-0.15, -0.1) is 0 Å². The molecule has 0 unspecified atom stereocenters. The van der Waals surface area contributed by atoms with E-state index in [4.69, 9.17) is 4.74 Å². The van der Waals surface area contributed by atoms with Gasteiger partial charge in [0.15, 0.2) is 0 Å². The zero-order valence-electron chi connectivity index (χ0n) is 15.9. The van der Waals surface area contributed by atoms with Crippen molar-refractivity contribution in [3.05, 3.63) is 77.5 Å². The predicted molar refractivity (Wildman–Crippen MR) is 107 cm³/mol. The van der Waals surface area contributed by atoms with Gasteiger partial charge in [0.05, 0.1) is 12.2 Å². The molecule has 0 saturated carbocycles. The van der Waals surface area contributed by atoms with Crippen LogP contribution in [0.4, 0.5) is 21.6 Å². The highest BCUT2D eigenvalue weighted by Gasteiger charge is 2.12. The molecule has 0 aliphatic rings. The molecular formula is C21H19FN4O3. The van der Waals surface area contributed by atoms with Gasteiger partial charge in [-0.1, -0.05) is 0 Å². The number of hydrogen-bond acceptors (Lipinski definition) is 6. The molecule has 2 N–H and O–H groups in total. The van der Waals surface area contributed by atoms with E-state index in [0.29, 0.717) is 35.2 Å². The molecule has 29 heavy (non-hydrogen) atoms. The first-order valence-electron chi connectivity index (χ1n) is 8.91. The molecule has 3 rings (SSSR count). The quantitative estimate of drug-likeness (QED) is 0.612. The zero-order valence-corrected chi connectivity index (χ0v) is 15.9. The van der Waals surface area contributed by atoms with Gasteiger partial charge in [0.25, 0.3) is 5.91 Å². The van der Waals surface area contributed by atoms with Crippen LogP contribution in [0.5, 0.6) is 0 Å². The minimum Gasteiger partial charge on any atom is -0.462 e. The number of aryl methyl sites for hydroxylation is 1. The molecule has 148 valence electrons. The van der Waals surface area contributed by atoms with Gasteiger partial charge in [-0.25, -0.2) is 19.2 Å². The molecule has 7 nitrogen and oxygen atoms in total. The molecule has 0 radical (unpaired) electrons. The minimum absolute atomic E-state index is 0.160. The summed E-state index contributed by atoms with van der Waals surface area (Å²) in [4.78, 5) is 32.6. The Morgan fingerprint density at radius 1 is 1.00 bits per heavy atom. The number of carbonyl (C=O) groups excluding carboxylic acids is 2. The molecular weight excluding hydrogens is 375 g/mol. The third-order valence-corrected chi connectivity index (χ3v) is 3.84. The van der Waals surface area contributed by atoms with Gasteiger partial charge in [0.2, 0.25) is 0 Å². The number of esters is 1. The summed E-state index contributed by atoms with van der Waals surface area (Å²) >= 11 is 0. The Bertz CT molecular complexity index is 1020. The van der Waals surface area contributed by atoms with Crippen molar-refractivity contribution in [1.82, 2.24) is 9.97 Å². The maximum absolute atomic E-state index is 13.0. The second kappa shape index (κ2) is 8.92. The molecule has 1 aromatic heterocycles. The summed E-state index contributed by atoms with van der Waals surface area (Å²) in [6, 6.07) is 13.6. The van der Waals surface area contributed by atoms with E-state index < -0.39 is 11.9 Å². The Morgan fingerprint density at radius 2 is 1.66 bits per heavy atom. The van der Waals surface area contributed by atoms with Crippen LogP contribution >= 0.6 is 0 Å². The normalized spacial score (nSPS) is 10.3. The van der Waals surface area contributed by atoms with Crippen molar-refractivity contribution in [1.29, 1.82) is 0 Å². The Morgan fingerprint density at radius 3 is 2.31 bits per heavy atom. The minimum atomic E-state index is -0.442. The number of halogens is 1. The molecule has 0 spiro atoms. The number of rotatable bonds is 6. The van der Waals surface area contributed by atoms with E-state index in [-0.39, 0.29) is 11.5 Å². The number of anilines is 3. The SMILES string of the molecule is CCOC(=O)c1ccc(Nc2cc(C(=O)Nc3ccc(F)cc3)nc(C)n2)cc1. The van der Waals surface area contributed by atoms with Gasteiger partial charge < -0.3 is 15.4 Å². The van der Waals surface area contributed by atoms with Crippen LogP contribution in [0.1, 0.15) is 33.6 Å². The summed E-state index contributed by atoms with van der Waals surface area (Å²) in [5.74, 6) is -0.395. The van der Waals surface area contributed by atoms with E-state index in [1.807, 2.05) is 0 Å². The van der Waals surface area contributed by atoms with Crippen LogP contribution in [-0.2, 0) is 4.74 Å². The number of nitrogens with one attached hydrogen (secondary N) is 2. The lowest BCUT2D eigenvalue weighted by atomic mass is 10.2. The van der Waals surface area contributed by atoms with Gasteiger partial charge >= 0.3 is 5.97 Å². The molecule has 1 amide bonds. The third kappa shape index (κ3) is 5.35. The number of ether oxygens (including phenoxy) is 1.